The van der Waals surface area contributed by atoms with E-state index in [-0.39, 0.29) is 29.4 Å². The molecule has 10 nitrogen and oxygen atoms in total. The first-order valence-corrected chi connectivity index (χ1v) is 13.8. The van der Waals surface area contributed by atoms with Crippen molar-refractivity contribution in [2.24, 2.45) is 5.92 Å². The fraction of sp³-hybridized carbons (Fsp3) is 0.400. The van der Waals surface area contributed by atoms with Crippen LogP contribution in [0.5, 0.6) is 5.88 Å². The van der Waals surface area contributed by atoms with Crippen molar-refractivity contribution < 1.29 is 28.2 Å². The van der Waals surface area contributed by atoms with Gasteiger partial charge in [0.25, 0.3) is 0 Å². The molecule has 0 spiro atoms. The van der Waals surface area contributed by atoms with E-state index in [1.807, 2.05) is 22.8 Å². The summed E-state index contributed by atoms with van der Waals surface area (Å²) in [6.07, 6.45) is 3.05. The van der Waals surface area contributed by atoms with Gasteiger partial charge in [-0.15, -0.1) is 0 Å². The Balaban J connectivity index is 1.03. The van der Waals surface area contributed by atoms with Crippen LogP contribution in [0, 0.1) is 23.1 Å². The summed E-state index contributed by atoms with van der Waals surface area (Å²) in [5.74, 6) is 0.0694. The molecule has 1 aromatic carbocycles. The second-order valence-corrected chi connectivity index (χ2v) is 11.1. The number of halogens is 1. The summed E-state index contributed by atoms with van der Waals surface area (Å²) in [5, 5.41) is 18.3. The Bertz CT molecular complexity index is 1690. The highest BCUT2D eigenvalue weighted by molar-refractivity contribution is 5.89. The molecule has 1 saturated carbocycles. The molecule has 3 aliphatic rings. The summed E-state index contributed by atoms with van der Waals surface area (Å²) in [4.78, 5) is 23.3. The first-order valence-electron chi connectivity index (χ1n) is 13.8. The van der Waals surface area contributed by atoms with Crippen LogP contribution < -0.4 is 4.74 Å². The number of piperidine rings is 1. The number of imidazole rings is 1. The summed E-state index contributed by atoms with van der Waals surface area (Å²) in [5.41, 5.74) is 2.69. The molecule has 11 heteroatoms. The number of aromatic carboxylic acids is 1. The zero-order valence-corrected chi connectivity index (χ0v) is 22.3. The maximum absolute atomic E-state index is 14.3. The number of pyridine rings is 1. The van der Waals surface area contributed by atoms with Crippen LogP contribution in [0.25, 0.3) is 11.2 Å². The van der Waals surface area contributed by atoms with Crippen LogP contribution in [-0.4, -0.2) is 56.3 Å². The smallest absolute Gasteiger partial charge is 0.371 e. The third kappa shape index (κ3) is 4.73. The van der Waals surface area contributed by atoms with Gasteiger partial charge in [-0.25, -0.2) is 14.2 Å². The maximum atomic E-state index is 14.3. The second-order valence-electron chi connectivity index (χ2n) is 11.1. The van der Waals surface area contributed by atoms with Gasteiger partial charge in [0.1, 0.15) is 23.8 Å². The summed E-state index contributed by atoms with van der Waals surface area (Å²) in [6, 6.07) is 13.6. The number of nitriles is 1. The molecular weight excluding hydrogens is 529 g/mol. The molecule has 3 fully saturated rings. The number of benzene rings is 1. The van der Waals surface area contributed by atoms with E-state index in [9.17, 15) is 14.3 Å². The Morgan fingerprint density at radius 3 is 2.88 bits per heavy atom. The molecule has 0 amide bonds. The summed E-state index contributed by atoms with van der Waals surface area (Å²) < 4.78 is 33.3. The summed E-state index contributed by atoms with van der Waals surface area (Å²) in [7, 11) is 0. The summed E-state index contributed by atoms with van der Waals surface area (Å²) in [6.45, 7) is 3.80. The van der Waals surface area contributed by atoms with Gasteiger partial charge >= 0.3 is 5.97 Å². The van der Waals surface area contributed by atoms with Crippen LogP contribution >= 0.6 is 0 Å². The van der Waals surface area contributed by atoms with E-state index in [0.717, 1.165) is 50.5 Å². The standard InChI is InChI=1S/C30H28FN5O5/c31-22-10-18(13-32)4-5-19(22)17-40-27-3-1-2-25(33-27)30-7-8-35(14-20(30)12-30)16-26-34-28-23(11-24(41-28)29(37)38)36(26)15-21-6-9-39-21/h1-5,10-11,20-21H,6-9,12,14-17H2,(H,37,38)/t20-,21?,30+/m0/s1. The van der Waals surface area contributed by atoms with Crippen molar-refractivity contribution >= 4 is 17.2 Å². The Morgan fingerprint density at radius 2 is 2.15 bits per heavy atom. The second kappa shape index (κ2) is 9.98. The van der Waals surface area contributed by atoms with Crippen molar-refractivity contribution in [1.82, 2.24) is 19.4 Å². The van der Waals surface area contributed by atoms with Crippen LogP contribution in [-0.2, 0) is 29.8 Å². The maximum Gasteiger partial charge on any atom is 0.371 e. The van der Waals surface area contributed by atoms with E-state index in [4.69, 9.17) is 24.1 Å². The molecule has 41 heavy (non-hydrogen) atoms. The van der Waals surface area contributed by atoms with E-state index < -0.39 is 11.8 Å². The van der Waals surface area contributed by atoms with Gasteiger partial charge in [-0.1, -0.05) is 12.1 Å². The van der Waals surface area contributed by atoms with Crippen LogP contribution in [0.4, 0.5) is 4.39 Å². The lowest BCUT2D eigenvalue weighted by molar-refractivity contribution is -0.0592. The van der Waals surface area contributed by atoms with Crippen LogP contribution in [0.3, 0.4) is 0 Å². The van der Waals surface area contributed by atoms with E-state index in [2.05, 4.69) is 9.88 Å². The molecule has 0 bridgehead atoms. The number of rotatable bonds is 9. The molecule has 5 heterocycles. The van der Waals surface area contributed by atoms with Crippen molar-refractivity contribution in [2.75, 3.05) is 19.7 Å². The molecule has 2 aliphatic heterocycles. The van der Waals surface area contributed by atoms with Crippen molar-refractivity contribution in [3.05, 3.63) is 76.7 Å². The molecule has 1 N–H and O–H groups in total. The van der Waals surface area contributed by atoms with Crippen molar-refractivity contribution in [3.63, 3.8) is 0 Å². The van der Waals surface area contributed by atoms with Crippen LogP contribution in [0.2, 0.25) is 0 Å². The van der Waals surface area contributed by atoms with Gasteiger partial charge in [0.15, 0.2) is 0 Å². The fourth-order valence-electron chi connectivity index (χ4n) is 6.15. The fourth-order valence-corrected chi connectivity index (χ4v) is 6.15. The third-order valence-electron chi connectivity index (χ3n) is 8.66. The Labute approximate surface area is 234 Å². The molecule has 1 aliphatic carbocycles. The van der Waals surface area contributed by atoms with Gasteiger partial charge in [-0.2, -0.15) is 10.2 Å². The lowest BCUT2D eigenvalue weighted by Gasteiger charge is -2.32. The predicted molar refractivity (Wildman–Crippen MR) is 143 cm³/mol. The predicted octanol–water partition coefficient (Wildman–Crippen LogP) is 4.26. The van der Waals surface area contributed by atoms with Gasteiger partial charge in [0, 0.05) is 36.3 Å². The van der Waals surface area contributed by atoms with E-state index in [0.29, 0.717) is 41.7 Å². The number of carboxylic acid groups (broad SMARTS) is 1. The minimum atomic E-state index is -1.11. The average Bonchev–Trinajstić information content (AvgIpc) is 3.40. The van der Waals surface area contributed by atoms with Gasteiger partial charge in [-0.05, 0) is 49.9 Å². The normalized spacial score (nSPS) is 23.5. The number of likely N-dealkylation sites (tertiary alicyclic amines) is 1. The van der Waals surface area contributed by atoms with Gasteiger partial charge < -0.3 is 23.6 Å². The molecule has 0 radical (unpaired) electrons. The lowest BCUT2D eigenvalue weighted by atomic mass is 9.91. The molecule has 7 rings (SSSR count). The van der Waals surface area contributed by atoms with Crippen molar-refractivity contribution in [2.45, 2.75) is 50.5 Å². The molecule has 3 atom stereocenters. The Morgan fingerprint density at radius 1 is 1.27 bits per heavy atom. The van der Waals surface area contributed by atoms with Crippen molar-refractivity contribution in [1.29, 1.82) is 5.26 Å². The highest BCUT2D eigenvalue weighted by Crippen LogP contribution is 2.59. The zero-order valence-electron chi connectivity index (χ0n) is 22.3. The molecule has 210 valence electrons. The monoisotopic (exact) mass is 557 g/mol. The zero-order chi connectivity index (χ0) is 28.1. The Kier molecular flexibility index (Phi) is 6.25. The molecule has 1 unspecified atom stereocenters. The first-order chi connectivity index (χ1) is 19.9. The number of fused-ring (bicyclic) bond motifs is 2. The van der Waals surface area contributed by atoms with Gasteiger partial charge in [-0.3, -0.25) is 4.90 Å². The van der Waals surface area contributed by atoms with E-state index in [1.165, 1.54) is 6.07 Å². The number of aromatic nitrogens is 3. The largest absolute Gasteiger partial charge is 0.475 e. The van der Waals surface area contributed by atoms with Gasteiger partial charge in [0.05, 0.1) is 36.5 Å². The minimum Gasteiger partial charge on any atom is -0.475 e. The number of hydrogen-bond donors (Lipinski definition) is 1. The molecule has 2 saturated heterocycles. The molecule has 3 aromatic heterocycles. The third-order valence-corrected chi connectivity index (χ3v) is 8.66. The number of carbonyl (C=O) groups is 1. The molecular formula is C30H28FN5O5. The highest BCUT2D eigenvalue weighted by Gasteiger charge is 2.58. The minimum absolute atomic E-state index is 0.00868. The van der Waals surface area contributed by atoms with Crippen molar-refractivity contribution in [3.8, 4) is 11.9 Å². The number of carboxylic acids is 1. The number of ether oxygens (including phenoxy) is 2. The average molecular weight is 558 g/mol. The van der Waals surface area contributed by atoms with E-state index in [1.54, 1.807) is 24.3 Å². The number of furan rings is 1. The topological polar surface area (TPSA) is 127 Å². The highest BCUT2D eigenvalue weighted by atomic mass is 19.1. The summed E-state index contributed by atoms with van der Waals surface area (Å²) >= 11 is 0. The lowest BCUT2D eigenvalue weighted by Crippen LogP contribution is -2.37. The van der Waals surface area contributed by atoms with E-state index >= 15 is 0 Å². The van der Waals surface area contributed by atoms with Crippen LogP contribution in [0.1, 0.15) is 52.5 Å². The van der Waals surface area contributed by atoms with Gasteiger partial charge in [0.2, 0.25) is 17.4 Å². The number of hydrogen-bond acceptors (Lipinski definition) is 8. The van der Waals surface area contributed by atoms with Crippen LogP contribution in [0.15, 0.2) is 46.9 Å². The quantitative estimate of drug-likeness (QED) is 0.321. The SMILES string of the molecule is N#Cc1ccc(COc2cccc([C@@]34CCN(Cc5nc6oc(C(=O)O)cc6n5CC5CCO5)C[C@@H]3C4)n2)c(F)c1. The first kappa shape index (κ1) is 25.7. The molecule has 4 aromatic rings. The number of nitrogens with zero attached hydrogens (tertiary/aromatic N) is 5. The Hall–Kier alpha value is -4.27.